The first-order valence-electron chi connectivity index (χ1n) is 6.46. The van der Waals surface area contributed by atoms with Crippen molar-refractivity contribution >= 4 is 22.3 Å². The highest BCUT2D eigenvalue weighted by Crippen LogP contribution is 2.31. The average Bonchev–Trinajstić information content (AvgIpc) is 2.74. The molecule has 0 atom stereocenters. The van der Waals surface area contributed by atoms with E-state index in [0.717, 1.165) is 48.1 Å². The molecule has 0 spiro atoms. The van der Waals surface area contributed by atoms with E-state index in [1.807, 2.05) is 0 Å². The summed E-state index contributed by atoms with van der Waals surface area (Å²) >= 11 is 1.56. The zero-order chi connectivity index (χ0) is 13.1. The molecule has 0 amide bonds. The molecular weight excluding hydrogens is 246 g/mol. The second-order valence-electron chi connectivity index (χ2n) is 5.13. The van der Waals surface area contributed by atoms with Gasteiger partial charge in [-0.1, -0.05) is 11.3 Å². The van der Waals surface area contributed by atoms with E-state index in [1.165, 1.54) is 0 Å². The fraction of sp³-hybridized carbons (Fsp3) is 0.692. The minimum absolute atomic E-state index is 0.279. The Kier molecular flexibility index (Phi) is 4.35. The van der Waals surface area contributed by atoms with Crippen LogP contribution < -0.4 is 4.90 Å². The van der Waals surface area contributed by atoms with Gasteiger partial charge in [-0.3, -0.25) is 4.79 Å². The van der Waals surface area contributed by atoms with Crippen molar-refractivity contribution in [3.05, 3.63) is 10.6 Å². The molecule has 1 aliphatic carbocycles. The first-order chi connectivity index (χ1) is 8.58. The van der Waals surface area contributed by atoms with Crippen LogP contribution in [0.4, 0.5) is 5.13 Å². The molecular formula is C13H21N3OS. The van der Waals surface area contributed by atoms with Gasteiger partial charge in [-0.2, -0.15) is 0 Å². The number of thiazole rings is 1. The van der Waals surface area contributed by atoms with Gasteiger partial charge < -0.3 is 9.80 Å². The Morgan fingerprint density at radius 2 is 2.00 bits per heavy atom. The maximum atomic E-state index is 11.8. The van der Waals surface area contributed by atoms with Gasteiger partial charge in [0.05, 0.1) is 10.6 Å². The van der Waals surface area contributed by atoms with Crippen molar-refractivity contribution in [2.45, 2.75) is 25.7 Å². The fourth-order valence-corrected chi connectivity index (χ4v) is 3.21. The van der Waals surface area contributed by atoms with Gasteiger partial charge in [0.15, 0.2) is 10.9 Å². The standard InChI is InChI=1S/C13H21N3OS/c1-15(2)8-5-9-16(3)13-14-10-6-4-7-11(17)12(10)18-13/h4-9H2,1-3H3. The van der Waals surface area contributed by atoms with Crippen molar-refractivity contribution in [2.24, 2.45) is 0 Å². The van der Waals surface area contributed by atoms with Gasteiger partial charge in [-0.05, 0) is 39.9 Å². The van der Waals surface area contributed by atoms with Gasteiger partial charge in [-0.25, -0.2) is 4.98 Å². The Morgan fingerprint density at radius 3 is 2.67 bits per heavy atom. The zero-order valence-electron chi connectivity index (χ0n) is 11.4. The molecule has 0 saturated carbocycles. The van der Waals surface area contributed by atoms with Gasteiger partial charge in [0.2, 0.25) is 0 Å². The number of hydrogen-bond donors (Lipinski definition) is 0. The molecule has 0 aromatic carbocycles. The molecule has 0 N–H and O–H groups in total. The van der Waals surface area contributed by atoms with Crippen LogP contribution in [0.2, 0.25) is 0 Å². The van der Waals surface area contributed by atoms with E-state index in [1.54, 1.807) is 11.3 Å². The number of hydrogen-bond acceptors (Lipinski definition) is 5. The quantitative estimate of drug-likeness (QED) is 0.818. The van der Waals surface area contributed by atoms with Gasteiger partial charge in [-0.15, -0.1) is 0 Å². The van der Waals surface area contributed by atoms with E-state index < -0.39 is 0 Å². The second kappa shape index (κ2) is 5.80. The van der Waals surface area contributed by atoms with Crippen LogP contribution in [-0.4, -0.2) is 49.9 Å². The predicted molar refractivity (Wildman–Crippen MR) is 75.8 cm³/mol. The Labute approximate surface area is 113 Å². The highest BCUT2D eigenvalue weighted by Gasteiger charge is 2.23. The lowest BCUT2D eigenvalue weighted by atomic mass is 10.0. The van der Waals surface area contributed by atoms with Crippen LogP contribution >= 0.6 is 11.3 Å². The third-order valence-electron chi connectivity index (χ3n) is 3.18. The summed E-state index contributed by atoms with van der Waals surface area (Å²) in [4.78, 5) is 21.6. The van der Waals surface area contributed by atoms with E-state index in [-0.39, 0.29) is 5.78 Å². The van der Waals surface area contributed by atoms with Gasteiger partial charge in [0.25, 0.3) is 0 Å². The molecule has 1 aromatic rings. The average molecular weight is 267 g/mol. The van der Waals surface area contributed by atoms with Crippen LogP contribution in [0.3, 0.4) is 0 Å². The Bertz CT molecular complexity index is 428. The SMILES string of the molecule is CN(C)CCCN(C)c1nc2c(s1)C(=O)CCC2. The summed E-state index contributed by atoms with van der Waals surface area (Å²) < 4.78 is 0. The van der Waals surface area contributed by atoms with Crippen LogP contribution in [0, 0.1) is 0 Å². The van der Waals surface area contributed by atoms with Crippen LogP contribution in [0.1, 0.15) is 34.6 Å². The zero-order valence-corrected chi connectivity index (χ0v) is 12.2. The number of nitrogens with zero attached hydrogens (tertiary/aromatic N) is 3. The third kappa shape index (κ3) is 3.09. The first-order valence-corrected chi connectivity index (χ1v) is 7.28. The van der Waals surface area contributed by atoms with Crippen LogP contribution in [0.25, 0.3) is 0 Å². The fourth-order valence-electron chi connectivity index (χ4n) is 2.14. The van der Waals surface area contributed by atoms with Crippen molar-refractivity contribution in [1.82, 2.24) is 9.88 Å². The van der Waals surface area contributed by atoms with Gasteiger partial charge in [0, 0.05) is 20.0 Å². The highest BCUT2D eigenvalue weighted by molar-refractivity contribution is 7.17. The predicted octanol–water partition coefficient (Wildman–Crippen LogP) is 2.05. The lowest BCUT2D eigenvalue weighted by Crippen LogP contribution is -2.23. The number of aromatic nitrogens is 1. The van der Waals surface area contributed by atoms with Crippen molar-refractivity contribution in [3.8, 4) is 0 Å². The molecule has 0 unspecified atom stereocenters. The first kappa shape index (κ1) is 13.5. The molecule has 100 valence electrons. The molecule has 0 radical (unpaired) electrons. The Balaban J connectivity index is 1.98. The normalized spacial score (nSPS) is 15.0. The molecule has 1 aliphatic rings. The number of fused-ring (bicyclic) bond motifs is 1. The summed E-state index contributed by atoms with van der Waals surface area (Å²) in [5.74, 6) is 0.279. The number of carbonyl (C=O) groups excluding carboxylic acids is 1. The number of rotatable bonds is 5. The number of aryl methyl sites for hydroxylation is 1. The summed E-state index contributed by atoms with van der Waals surface area (Å²) in [5, 5.41) is 0.994. The summed E-state index contributed by atoms with van der Waals surface area (Å²) in [6, 6.07) is 0. The van der Waals surface area contributed by atoms with E-state index in [9.17, 15) is 4.79 Å². The minimum atomic E-state index is 0.279. The smallest absolute Gasteiger partial charge is 0.185 e. The van der Waals surface area contributed by atoms with E-state index in [2.05, 4.69) is 35.9 Å². The largest absolute Gasteiger partial charge is 0.351 e. The molecule has 1 heterocycles. The second-order valence-corrected chi connectivity index (χ2v) is 6.10. The maximum absolute atomic E-state index is 11.8. The summed E-state index contributed by atoms with van der Waals surface area (Å²) in [6.45, 7) is 2.06. The Morgan fingerprint density at radius 1 is 1.22 bits per heavy atom. The molecule has 0 bridgehead atoms. The molecule has 1 aromatic heterocycles. The molecule has 18 heavy (non-hydrogen) atoms. The Hall–Kier alpha value is -0.940. The topological polar surface area (TPSA) is 36.4 Å². The summed E-state index contributed by atoms with van der Waals surface area (Å²) in [7, 11) is 6.23. The molecule has 4 nitrogen and oxygen atoms in total. The lowest BCUT2D eigenvalue weighted by Gasteiger charge is -2.17. The minimum Gasteiger partial charge on any atom is -0.351 e. The van der Waals surface area contributed by atoms with Crippen LogP contribution in [0.15, 0.2) is 0 Å². The molecule has 0 saturated heterocycles. The molecule has 5 heteroatoms. The molecule has 0 fully saturated rings. The molecule has 2 rings (SSSR count). The van der Waals surface area contributed by atoms with Crippen molar-refractivity contribution < 1.29 is 4.79 Å². The number of Topliss-reactive ketones (excluding diaryl/α,β-unsaturated/α-hetero) is 1. The number of ketones is 1. The third-order valence-corrected chi connectivity index (χ3v) is 4.44. The van der Waals surface area contributed by atoms with Crippen molar-refractivity contribution in [1.29, 1.82) is 0 Å². The van der Waals surface area contributed by atoms with Gasteiger partial charge >= 0.3 is 0 Å². The van der Waals surface area contributed by atoms with Crippen molar-refractivity contribution in [2.75, 3.05) is 39.1 Å². The van der Waals surface area contributed by atoms with E-state index in [0.29, 0.717) is 6.42 Å². The summed E-state index contributed by atoms with van der Waals surface area (Å²) in [6.07, 6.45) is 3.73. The molecule has 0 aliphatic heterocycles. The van der Waals surface area contributed by atoms with Crippen LogP contribution in [-0.2, 0) is 6.42 Å². The van der Waals surface area contributed by atoms with E-state index >= 15 is 0 Å². The number of carbonyl (C=O) groups is 1. The highest BCUT2D eigenvalue weighted by atomic mass is 32.1. The van der Waals surface area contributed by atoms with Crippen LogP contribution in [0.5, 0.6) is 0 Å². The van der Waals surface area contributed by atoms with Crippen molar-refractivity contribution in [3.63, 3.8) is 0 Å². The van der Waals surface area contributed by atoms with Gasteiger partial charge in [0.1, 0.15) is 0 Å². The maximum Gasteiger partial charge on any atom is 0.185 e. The summed E-state index contributed by atoms with van der Waals surface area (Å²) in [5.41, 5.74) is 1.02. The number of anilines is 1. The van der Waals surface area contributed by atoms with E-state index in [4.69, 9.17) is 0 Å². The lowest BCUT2D eigenvalue weighted by molar-refractivity contribution is 0.0976. The monoisotopic (exact) mass is 267 g/mol.